The fourth-order valence-electron chi connectivity index (χ4n) is 4.67. The first kappa shape index (κ1) is 27.4. The second-order valence-electron chi connectivity index (χ2n) is 10.2. The van der Waals surface area contributed by atoms with E-state index in [4.69, 9.17) is 4.74 Å². The Morgan fingerprint density at radius 3 is 2.82 bits per heavy atom. The molecule has 2 amide bonds. The van der Waals surface area contributed by atoms with Crippen LogP contribution in [0.1, 0.15) is 60.8 Å². The number of aromatic nitrogens is 2. The smallest absolute Gasteiger partial charge is 0.251 e. The van der Waals surface area contributed by atoms with Crippen molar-refractivity contribution in [2.45, 2.75) is 58.4 Å². The highest BCUT2D eigenvalue weighted by Crippen LogP contribution is 2.28. The zero-order chi connectivity index (χ0) is 26.9. The highest BCUT2D eigenvalue weighted by Gasteiger charge is 2.21. The topological polar surface area (TPSA) is 109 Å². The van der Waals surface area contributed by atoms with Gasteiger partial charge in [-0.05, 0) is 82.3 Å². The predicted octanol–water partition coefficient (Wildman–Crippen LogP) is 3.94. The molecule has 1 aromatic carbocycles. The summed E-state index contributed by atoms with van der Waals surface area (Å²) in [4.78, 5) is 40.8. The number of likely N-dealkylation sites (tertiary alicyclic amines) is 1. The molecule has 9 heteroatoms. The first-order chi connectivity index (χ1) is 18.4. The molecule has 9 nitrogen and oxygen atoms in total. The van der Waals surface area contributed by atoms with Crippen LogP contribution >= 0.6 is 0 Å². The van der Waals surface area contributed by atoms with Crippen molar-refractivity contribution in [3.8, 4) is 5.75 Å². The molecule has 1 aromatic heterocycles. The van der Waals surface area contributed by atoms with Gasteiger partial charge in [0.15, 0.2) is 0 Å². The molecule has 0 spiro atoms. The molecule has 4 rings (SSSR count). The van der Waals surface area contributed by atoms with E-state index in [0.29, 0.717) is 48.5 Å². The molecular formula is C29H38N6O3. The zero-order valence-corrected chi connectivity index (χ0v) is 22.6. The maximum Gasteiger partial charge on any atom is 0.251 e. The maximum atomic E-state index is 12.9. The Morgan fingerprint density at radius 2 is 2.08 bits per heavy atom. The predicted molar refractivity (Wildman–Crippen MR) is 149 cm³/mol. The number of hydrogen-bond donors (Lipinski definition) is 2. The molecule has 1 unspecified atom stereocenters. The summed E-state index contributed by atoms with van der Waals surface area (Å²) in [6.07, 6.45) is 12.0. The molecule has 0 aliphatic carbocycles. The van der Waals surface area contributed by atoms with Gasteiger partial charge in [0, 0.05) is 49.4 Å². The van der Waals surface area contributed by atoms with Crippen LogP contribution in [-0.2, 0) is 11.2 Å². The molecule has 38 heavy (non-hydrogen) atoms. The van der Waals surface area contributed by atoms with Crippen LogP contribution < -0.4 is 15.4 Å². The van der Waals surface area contributed by atoms with E-state index in [1.807, 2.05) is 19.3 Å². The van der Waals surface area contributed by atoms with Gasteiger partial charge in [0.1, 0.15) is 12.4 Å². The molecule has 2 aromatic rings. The quantitative estimate of drug-likeness (QED) is 0.466. The van der Waals surface area contributed by atoms with Crippen LogP contribution in [0, 0.1) is 12.8 Å². The molecular weight excluding hydrogens is 480 g/mol. The number of aliphatic imine (C=N–C) groups is 1. The Labute approximate surface area is 224 Å². The Balaban J connectivity index is 1.41. The van der Waals surface area contributed by atoms with Crippen molar-refractivity contribution in [2.24, 2.45) is 10.9 Å². The third kappa shape index (κ3) is 7.71. The first-order valence-corrected chi connectivity index (χ1v) is 13.4. The Bertz CT molecular complexity index is 1180. The molecule has 0 bridgehead atoms. The van der Waals surface area contributed by atoms with E-state index < -0.39 is 0 Å². The Hall–Kier alpha value is -3.59. The van der Waals surface area contributed by atoms with Crippen molar-refractivity contribution in [3.05, 3.63) is 59.3 Å². The second-order valence-corrected chi connectivity index (χ2v) is 10.2. The number of carbonyl (C=O) groups is 2. The van der Waals surface area contributed by atoms with Gasteiger partial charge in [-0.1, -0.05) is 6.92 Å². The lowest BCUT2D eigenvalue weighted by Gasteiger charge is -2.20. The summed E-state index contributed by atoms with van der Waals surface area (Å²) in [5, 5.41) is 5.98. The number of amides is 2. The maximum absolute atomic E-state index is 12.9. The molecule has 1 saturated heterocycles. The third-order valence-corrected chi connectivity index (χ3v) is 7.23. The van der Waals surface area contributed by atoms with Crippen molar-refractivity contribution in [1.82, 2.24) is 20.2 Å². The van der Waals surface area contributed by atoms with Crippen LogP contribution in [0.25, 0.3) is 0 Å². The number of ether oxygens (including phenoxy) is 1. The Morgan fingerprint density at radius 1 is 1.21 bits per heavy atom. The molecule has 0 saturated carbocycles. The molecule has 0 radical (unpaired) electrons. The standard InChI is InChI=1S/C29H38N6O3/c1-20-10-12-30-17-23(20)19-38-27-15-22(29(37)31-13-11-25-5-4-14-35(25)3)6-8-26(27)34-28(36)9-7-24-18-32-21(2)16-33-24/h6,8,12,15-18,20,25H,4-5,7,9-11,13-14,19H2,1-3H3,(H,31,37)(H,34,36)/t20-,25?/m1/s1. The SMILES string of the molecule is Cc1cnc(CCC(=O)Nc2ccc(C(=O)NCCC3CCCN3C)cc2OCC2=CN=CC[C@H]2C)cn1. The molecule has 2 atom stereocenters. The fraction of sp³-hybridized carbons (Fsp3) is 0.483. The number of nitrogens with zero attached hydrogens (tertiary/aromatic N) is 4. The van der Waals surface area contributed by atoms with Gasteiger partial charge in [0.05, 0.1) is 17.1 Å². The molecule has 3 heterocycles. The summed E-state index contributed by atoms with van der Waals surface area (Å²) in [6.45, 7) is 6.07. The monoisotopic (exact) mass is 518 g/mol. The number of aryl methyl sites for hydroxylation is 2. The molecule has 2 N–H and O–H groups in total. The summed E-state index contributed by atoms with van der Waals surface area (Å²) in [5.74, 6) is 0.465. The lowest BCUT2D eigenvalue weighted by Crippen LogP contribution is -2.31. The summed E-state index contributed by atoms with van der Waals surface area (Å²) in [5.41, 5.74) is 3.69. The van der Waals surface area contributed by atoms with E-state index in [0.717, 1.165) is 36.3 Å². The zero-order valence-electron chi connectivity index (χ0n) is 22.6. The highest BCUT2D eigenvalue weighted by molar-refractivity contribution is 5.97. The van der Waals surface area contributed by atoms with Gasteiger partial charge in [0.25, 0.3) is 5.91 Å². The highest BCUT2D eigenvalue weighted by atomic mass is 16.5. The van der Waals surface area contributed by atoms with Gasteiger partial charge in [-0.3, -0.25) is 24.5 Å². The summed E-state index contributed by atoms with van der Waals surface area (Å²) >= 11 is 0. The summed E-state index contributed by atoms with van der Waals surface area (Å²) < 4.78 is 6.15. The third-order valence-electron chi connectivity index (χ3n) is 7.23. The van der Waals surface area contributed by atoms with Gasteiger partial charge >= 0.3 is 0 Å². The molecule has 1 fully saturated rings. The lowest BCUT2D eigenvalue weighted by molar-refractivity contribution is -0.116. The van der Waals surface area contributed by atoms with Gasteiger partial charge in [-0.15, -0.1) is 0 Å². The average Bonchev–Trinajstić information content (AvgIpc) is 3.32. The van der Waals surface area contributed by atoms with Crippen molar-refractivity contribution in [3.63, 3.8) is 0 Å². The van der Waals surface area contributed by atoms with Crippen molar-refractivity contribution < 1.29 is 14.3 Å². The van der Waals surface area contributed by atoms with Crippen LogP contribution in [0.4, 0.5) is 5.69 Å². The van der Waals surface area contributed by atoms with Crippen molar-refractivity contribution in [2.75, 3.05) is 32.1 Å². The number of hydrogen-bond acceptors (Lipinski definition) is 7. The summed E-state index contributed by atoms with van der Waals surface area (Å²) in [6, 6.07) is 5.67. The largest absolute Gasteiger partial charge is 0.487 e. The number of nitrogens with one attached hydrogen (secondary N) is 2. The number of benzene rings is 1. The molecule has 2 aliphatic heterocycles. The first-order valence-electron chi connectivity index (χ1n) is 13.4. The van der Waals surface area contributed by atoms with E-state index in [2.05, 4.69) is 44.5 Å². The van der Waals surface area contributed by atoms with E-state index in [1.54, 1.807) is 30.6 Å². The van der Waals surface area contributed by atoms with Gasteiger partial charge in [-0.25, -0.2) is 0 Å². The minimum absolute atomic E-state index is 0.152. The van der Waals surface area contributed by atoms with E-state index in [1.165, 1.54) is 12.8 Å². The second kappa shape index (κ2) is 13.3. The fourth-order valence-corrected chi connectivity index (χ4v) is 4.67. The van der Waals surface area contributed by atoms with E-state index >= 15 is 0 Å². The van der Waals surface area contributed by atoms with Crippen LogP contribution in [0.3, 0.4) is 0 Å². The lowest BCUT2D eigenvalue weighted by atomic mass is 9.98. The van der Waals surface area contributed by atoms with Crippen molar-refractivity contribution >= 4 is 23.7 Å². The van der Waals surface area contributed by atoms with Crippen LogP contribution in [-0.4, -0.2) is 65.7 Å². The summed E-state index contributed by atoms with van der Waals surface area (Å²) in [7, 11) is 2.14. The molecule has 202 valence electrons. The van der Waals surface area contributed by atoms with Gasteiger partial charge < -0.3 is 20.3 Å². The molecule has 2 aliphatic rings. The normalized spacial score (nSPS) is 19.2. The van der Waals surface area contributed by atoms with Crippen molar-refractivity contribution in [1.29, 1.82) is 0 Å². The minimum Gasteiger partial charge on any atom is -0.487 e. The van der Waals surface area contributed by atoms with Gasteiger partial charge in [0.2, 0.25) is 5.91 Å². The van der Waals surface area contributed by atoms with E-state index in [-0.39, 0.29) is 18.2 Å². The van der Waals surface area contributed by atoms with Crippen LogP contribution in [0.15, 0.2) is 47.4 Å². The average molecular weight is 519 g/mol. The number of carbonyl (C=O) groups excluding carboxylic acids is 2. The van der Waals surface area contributed by atoms with Crippen LogP contribution in [0.2, 0.25) is 0 Å². The Kier molecular flexibility index (Phi) is 9.59. The van der Waals surface area contributed by atoms with Gasteiger partial charge in [-0.2, -0.15) is 0 Å². The number of rotatable bonds is 11. The van der Waals surface area contributed by atoms with E-state index in [9.17, 15) is 9.59 Å². The minimum atomic E-state index is -0.162. The number of anilines is 1. The van der Waals surface area contributed by atoms with Crippen LogP contribution in [0.5, 0.6) is 5.75 Å².